The number of amides is 1. The summed E-state index contributed by atoms with van der Waals surface area (Å²) in [4.78, 5) is 26.8. The van der Waals surface area contributed by atoms with Crippen molar-refractivity contribution < 1.29 is 14.7 Å². The number of aliphatic carboxylic acids is 1. The van der Waals surface area contributed by atoms with Gasteiger partial charge in [-0.2, -0.15) is 0 Å². The molecule has 0 aliphatic carbocycles. The Hall–Kier alpha value is -3.07. The van der Waals surface area contributed by atoms with E-state index in [9.17, 15) is 14.7 Å². The van der Waals surface area contributed by atoms with Crippen LogP contribution >= 0.6 is 0 Å². The molecule has 0 radical (unpaired) electrons. The third kappa shape index (κ3) is 5.21. The number of aromatic nitrogens is 1. The molecule has 1 aromatic heterocycles. The highest BCUT2D eigenvalue weighted by atomic mass is 16.4. The topological polar surface area (TPSA) is 170 Å². The number of nitrogens with two attached hydrogens (primary N) is 2. The highest BCUT2D eigenvalue weighted by Crippen LogP contribution is 2.19. The molecular formula is C17H24N6O3. The fraction of sp³-hybridized carbons (Fsp3) is 0.353. The third-order valence-electron chi connectivity index (χ3n) is 4.06. The molecule has 0 aliphatic rings. The molecule has 0 bridgehead atoms. The van der Waals surface area contributed by atoms with Crippen molar-refractivity contribution in [1.29, 1.82) is 5.41 Å². The van der Waals surface area contributed by atoms with Crippen LogP contribution in [0.4, 0.5) is 0 Å². The van der Waals surface area contributed by atoms with Gasteiger partial charge in [-0.3, -0.25) is 10.2 Å². The molecule has 9 nitrogen and oxygen atoms in total. The maximum atomic E-state index is 12.2. The Morgan fingerprint density at radius 1 is 1.31 bits per heavy atom. The standard InChI is InChI=1S/C17H24N6O3/c18-12(5-3-7-21-17(19)20)15(24)23-14(16(25)26)8-10-9-22-13-6-2-1-4-11(10)13/h1-2,4,6,9,12,14,22H,3,5,7-8,18H2,(H,23,24)(H,25,26)(H4,19,20,21)/t12-,14-/m0/s1. The van der Waals surface area contributed by atoms with E-state index in [1.165, 1.54) is 0 Å². The molecule has 0 saturated carbocycles. The normalized spacial score (nSPS) is 13.1. The van der Waals surface area contributed by atoms with Gasteiger partial charge in [0.2, 0.25) is 5.91 Å². The highest BCUT2D eigenvalue weighted by Gasteiger charge is 2.24. The Labute approximate surface area is 150 Å². The van der Waals surface area contributed by atoms with Crippen LogP contribution in [0.25, 0.3) is 10.9 Å². The van der Waals surface area contributed by atoms with E-state index in [4.69, 9.17) is 16.9 Å². The zero-order valence-corrected chi connectivity index (χ0v) is 14.3. The van der Waals surface area contributed by atoms with Crippen molar-refractivity contribution in [2.75, 3.05) is 6.54 Å². The van der Waals surface area contributed by atoms with E-state index in [1.807, 2.05) is 24.3 Å². The summed E-state index contributed by atoms with van der Waals surface area (Å²) in [6, 6.07) is 5.67. The first-order valence-corrected chi connectivity index (χ1v) is 8.30. The summed E-state index contributed by atoms with van der Waals surface area (Å²) in [5, 5.41) is 22.5. The van der Waals surface area contributed by atoms with Crippen molar-refractivity contribution in [3.8, 4) is 0 Å². The first-order valence-electron chi connectivity index (χ1n) is 8.30. The summed E-state index contributed by atoms with van der Waals surface area (Å²) in [6.45, 7) is 0.425. The molecule has 0 spiro atoms. The van der Waals surface area contributed by atoms with Gasteiger partial charge in [0.05, 0.1) is 6.04 Å². The van der Waals surface area contributed by atoms with Crippen LogP contribution in [-0.4, -0.2) is 46.6 Å². The quantitative estimate of drug-likeness (QED) is 0.186. The number of nitrogens with one attached hydrogen (secondary N) is 4. The van der Waals surface area contributed by atoms with Gasteiger partial charge in [0.1, 0.15) is 6.04 Å². The van der Waals surface area contributed by atoms with E-state index in [2.05, 4.69) is 15.6 Å². The molecule has 140 valence electrons. The lowest BCUT2D eigenvalue weighted by atomic mass is 10.0. The third-order valence-corrected chi connectivity index (χ3v) is 4.06. The summed E-state index contributed by atoms with van der Waals surface area (Å²) in [5.41, 5.74) is 12.7. The number of rotatable bonds is 9. The van der Waals surface area contributed by atoms with Crippen LogP contribution in [0.15, 0.2) is 30.5 Å². The summed E-state index contributed by atoms with van der Waals surface area (Å²) in [7, 11) is 0. The summed E-state index contributed by atoms with van der Waals surface area (Å²) >= 11 is 0. The van der Waals surface area contributed by atoms with E-state index in [0.29, 0.717) is 19.4 Å². The number of carbonyl (C=O) groups excluding carboxylic acids is 1. The second kappa shape index (κ2) is 8.86. The molecule has 2 atom stereocenters. The number of carboxylic acid groups (broad SMARTS) is 1. The Morgan fingerprint density at radius 2 is 2.04 bits per heavy atom. The van der Waals surface area contributed by atoms with Gasteiger partial charge >= 0.3 is 5.97 Å². The number of guanidine groups is 1. The number of para-hydroxylation sites is 1. The van der Waals surface area contributed by atoms with Gasteiger partial charge in [-0.05, 0) is 24.5 Å². The van der Waals surface area contributed by atoms with Crippen molar-refractivity contribution in [3.05, 3.63) is 36.0 Å². The average molecular weight is 360 g/mol. The lowest BCUT2D eigenvalue weighted by Crippen LogP contribution is -2.49. The molecule has 1 heterocycles. The Kier molecular flexibility index (Phi) is 6.56. The first kappa shape index (κ1) is 19.3. The molecule has 9 heteroatoms. The molecule has 0 aliphatic heterocycles. The summed E-state index contributed by atoms with van der Waals surface area (Å²) in [5.74, 6) is -1.78. The number of aromatic amines is 1. The van der Waals surface area contributed by atoms with E-state index in [-0.39, 0.29) is 12.4 Å². The van der Waals surface area contributed by atoms with Crippen molar-refractivity contribution in [3.63, 3.8) is 0 Å². The monoisotopic (exact) mass is 360 g/mol. The van der Waals surface area contributed by atoms with Crippen molar-refractivity contribution in [2.45, 2.75) is 31.3 Å². The molecule has 0 saturated heterocycles. The minimum absolute atomic E-state index is 0.146. The van der Waals surface area contributed by atoms with Gasteiger partial charge in [-0.15, -0.1) is 0 Å². The molecular weight excluding hydrogens is 336 g/mol. The van der Waals surface area contributed by atoms with Crippen molar-refractivity contribution in [2.24, 2.45) is 11.5 Å². The smallest absolute Gasteiger partial charge is 0.326 e. The maximum absolute atomic E-state index is 12.2. The maximum Gasteiger partial charge on any atom is 0.326 e. The van der Waals surface area contributed by atoms with Gasteiger partial charge in [-0.25, -0.2) is 4.79 Å². The molecule has 0 fully saturated rings. The average Bonchev–Trinajstić information content (AvgIpc) is 3.00. The largest absolute Gasteiger partial charge is 0.480 e. The number of carbonyl (C=O) groups is 2. The van der Waals surface area contributed by atoms with Crippen LogP contribution < -0.4 is 22.1 Å². The van der Waals surface area contributed by atoms with E-state index < -0.39 is 24.0 Å². The molecule has 1 aromatic carbocycles. The predicted molar refractivity (Wildman–Crippen MR) is 98.7 cm³/mol. The Bertz CT molecular complexity index is 788. The van der Waals surface area contributed by atoms with Gasteiger partial charge < -0.3 is 32.2 Å². The summed E-state index contributed by atoms with van der Waals surface area (Å²) < 4.78 is 0. The molecule has 1 amide bonds. The van der Waals surface area contributed by atoms with Crippen LogP contribution in [0.3, 0.4) is 0 Å². The molecule has 2 aromatic rings. The van der Waals surface area contributed by atoms with Crippen molar-refractivity contribution >= 4 is 28.7 Å². The zero-order chi connectivity index (χ0) is 19.1. The minimum Gasteiger partial charge on any atom is -0.480 e. The molecule has 9 N–H and O–H groups in total. The number of hydrogen-bond donors (Lipinski definition) is 7. The van der Waals surface area contributed by atoms with Crippen LogP contribution in [-0.2, 0) is 16.0 Å². The second-order valence-electron chi connectivity index (χ2n) is 6.05. The first-order chi connectivity index (χ1) is 12.4. The van der Waals surface area contributed by atoms with Gasteiger partial charge in [0.25, 0.3) is 0 Å². The molecule has 26 heavy (non-hydrogen) atoms. The summed E-state index contributed by atoms with van der Waals surface area (Å²) in [6.07, 6.45) is 2.80. The van der Waals surface area contributed by atoms with Gasteiger partial charge in [0, 0.05) is 30.1 Å². The van der Waals surface area contributed by atoms with E-state index in [1.54, 1.807) is 6.20 Å². The van der Waals surface area contributed by atoms with Crippen LogP contribution in [0.5, 0.6) is 0 Å². The van der Waals surface area contributed by atoms with E-state index >= 15 is 0 Å². The lowest BCUT2D eigenvalue weighted by molar-refractivity contribution is -0.142. The lowest BCUT2D eigenvalue weighted by Gasteiger charge is -2.18. The zero-order valence-electron chi connectivity index (χ0n) is 14.3. The predicted octanol–water partition coefficient (Wildman–Crippen LogP) is -0.130. The SMILES string of the molecule is N=C(N)NCCC[C@H](N)C(=O)N[C@@H](Cc1c[nH]c2ccccc12)C(=O)O. The highest BCUT2D eigenvalue weighted by molar-refractivity contribution is 5.88. The fourth-order valence-corrected chi connectivity index (χ4v) is 2.68. The molecule has 0 unspecified atom stereocenters. The molecule has 2 rings (SSSR count). The number of H-pyrrole nitrogens is 1. The van der Waals surface area contributed by atoms with Crippen LogP contribution in [0.2, 0.25) is 0 Å². The fourth-order valence-electron chi connectivity index (χ4n) is 2.68. The Morgan fingerprint density at radius 3 is 2.73 bits per heavy atom. The van der Waals surface area contributed by atoms with Gasteiger partial charge in [-0.1, -0.05) is 18.2 Å². The van der Waals surface area contributed by atoms with Crippen LogP contribution in [0.1, 0.15) is 18.4 Å². The minimum atomic E-state index is -1.12. The van der Waals surface area contributed by atoms with Gasteiger partial charge in [0.15, 0.2) is 5.96 Å². The number of fused-ring (bicyclic) bond motifs is 1. The van der Waals surface area contributed by atoms with Crippen LogP contribution in [0, 0.1) is 5.41 Å². The second-order valence-corrected chi connectivity index (χ2v) is 6.05. The number of hydrogen-bond acceptors (Lipinski definition) is 4. The number of carboxylic acids is 1. The van der Waals surface area contributed by atoms with Crippen molar-refractivity contribution in [1.82, 2.24) is 15.6 Å². The Balaban J connectivity index is 1.94. The van der Waals surface area contributed by atoms with E-state index in [0.717, 1.165) is 16.5 Å². The number of benzene rings is 1.